The van der Waals surface area contributed by atoms with E-state index in [0.717, 1.165) is 68.8 Å². The first-order valence-electron chi connectivity index (χ1n) is 19.2. The van der Waals surface area contributed by atoms with Gasteiger partial charge in [0.25, 0.3) is 0 Å². The lowest BCUT2D eigenvalue weighted by molar-refractivity contribution is -0.135. The molecule has 6 aromatic rings. The zero-order chi connectivity index (χ0) is 39.6. The standard InChI is InChI=1S/C42H43ClN8O5S/c1-24-25(2)57-42-36(24)38(27-12-14-28(43)15-13-27)46-30(40-49-48-26(3)50(40)42)23-35(53)44-18-5-4-6-20-55-21-22-56-33-11-7-10-31-37(33)29-9-8-19-45-39(29)51(31)32-16-17-34(52)47-41(32)54/h7-15,19,30,32H,4-6,16-18,20-23H2,1-3H3,(H,44,53)(H,47,52,54)/t30-,32?/m0/s1. The summed E-state index contributed by atoms with van der Waals surface area (Å²) in [5.74, 6) is 1.42. The molecule has 1 fully saturated rings. The molecule has 8 rings (SSSR count). The number of piperidine rings is 1. The van der Waals surface area contributed by atoms with E-state index in [1.54, 1.807) is 17.5 Å². The predicted octanol–water partition coefficient (Wildman–Crippen LogP) is 7.05. The zero-order valence-corrected chi connectivity index (χ0v) is 33.6. The van der Waals surface area contributed by atoms with Gasteiger partial charge in [-0.05, 0) is 88.4 Å². The molecule has 0 radical (unpaired) electrons. The molecule has 1 unspecified atom stereocenters. The van der Waals surface area contributed by atoms with Crippen LogP contribution in [0.2, 0.25) is 5.02 Å². The summed E-state index contributed by atoms with van der Waals surface area (Å²) in [6.45, 7) is 8.02. The molecule has 294 valence electrons. The molecule has 2 aromatic carbocycles. The van der Waals surface area contributed by atoms with Crippen molar-refractivity contribution < 1.29 is 23.9 Å². The van der Waals surface area contributed by atoms with Crippen LogP contribution in [0.3, 0.4) is 0 Å². The first kappa shape index (κ1) is 38.4. The molecule has 1 saturated heterocycles. The highest BCUT2D eigenvalue weighted by atomic mass is 35.5. The van der Waals surface area contributed by atoms with Gasteiger partial charge in [-0.15, -0.1) is 21.5 Å². The number of amides is 3. The molecule has 6 heterocycles. The molecule has 2 atom stereocenters. The van der Waals surface area contributed by atoms with Gasteiger partial charge in [0.05, 0.1) is 29.6 Å². The number of unbranched alkanes of at least 4 members (excludes halogenated alkanes) is 2. The highest BCUT2D eigenvalue weighted by Crippen LogP contribution is 2.40. The molecular formula is C42H43ClN8O5S. The molecule has 4 aromatic heterocycles. The number of carbonyl (C=O) groups excluding carboxylic acids is 3. The van der Waals surface area contributed by atoms with Crippen molar-refractivity contribution in [3.63, 3.8) is 0 Å². The number of nitrogens with one attached hydrogen (secondary N) is 2. The maximum atomic E-state index is 13.3. The molecule has 0 bridgehead atoms. The van der Waals surface area contributed by atoms with Gasteiger partial charge in [-0.25, -0.2) is 4.98 Å². The van der Waals surface area contributed by atoms with E-state index in [2.05, 4.69) is 44.2 Å². The second-order valence-corrected chi connectivity index (χ2v) is 16.0. The van der Waals surface area contributed by atoms with Gasteiger partial charge < -0.3 is 19.4 Å². The second-order valence-electron chi connectivity index (χ2n) is 14.3. The largest absolute Gasteiger partial charge is 0.490 e. The molecule has 3 amide bonds. The monoisotopic (exact) mass is 806 g/mol. The number of aliphatic imine (C=N–C) groups is 1. The lowest BCUT2D eigenvalue weighted by Gasteiger charge is -2.23. The van der Waals surface area contributed by atoms with E-state index in [0.29, 0.717) is 55.0 Å². The van der Waals surface area contributed by atoms with Crippen LogP contribution in [0.25, 0.3) is 26.9 Å². The molecule has 2 aliphatic heterocycles. The lowest BCUT2D eigenvalue weighted by Crippen LogP contribution is -2.41. The van der Waals surface area contributed by atoms with Crippen molar-refractivity contribution in [1.82, 2.24) is 34.9 Å². The van der Waals surface area contributed by atoms with E-state index in [9.17, 15) is 14.4 Å². The number of carbonyl (C=O) groups is 3. The van der Waals surface area contributed by atoms with E-state index in [1.807, 2.05) is 66.1 Å². The highest BCUT2D eigenvalue weighted by molar-refractivity contribution is 7.15. The minimum Gasteiger partial charge on any atom is -0.490 e. The number of hydrogen-bond acceptors (Lipinski definition) is 10. The number of pyridine rings is 1. The van der Waals surface area contributed by atoms with Gasteiger partial charge in [0.2, 0.25) is 17.7 Å². The van der Waals surface area contributed by atoms with Crippen molar-refractivity contribution in [2.45, 2.75) is 71.4 Å². The summed E-state index contributed by atoms with van der Waals surface area (Å²) in [4.78, 5) is 49.0. The number of aryl methyl sites for hydroxylation is 2. The van der Waals surface area contributed by atoms with Gasteiger partial charge in [0, 0.05) is 52.2 Å². The van der Waals surface area contributed by atoms with Gasteiger partial charge in [-0.1, -0.05) is 29.8 Å². The fraction of sp³-hybridized carbons (Fsp3) is 0.357. The van der Waals surface area contributed by atoms with Crippen LogP contribution in [0.1, 0.15) is 83.8 Å². The highest BCUT2D eigenvalue weighted by Gasteiger charge is 2.33. The Morgan fingerprint density at radius 1 is 1.00 bits per heavy atom. The zero-order valence-electron chi connectivity index (χ0n) is 32.0. The summed E-state index contributed by atoms with van der Waals surface area (Å²) >= 11 is 7.92. The number of imide groups is 1. The average Bonchev–Trinajstić information content (AvgIpc) is 3.81. The smallest absolute Gasteiger partial charge is 0.249 e. The third kappa shape index (κ3) is 7.68. The normalized spacial score (nSPS) is 16.6. The van der Waals surface area contributed by atoms with Crippen LogP contribution in [0.15, 0.2) is 65.8 Å². The third-order valence-electron chi connectivity index (χ3n) is 10.6. The Kier molecular flexibility index (Phi) is 11.2. The molecular weight excluding hydrogens is 764 g/mol. The third-order valence-corrected chi connectivity index (χ3v) is 12.0. The minimum atomic E-state index is -0.537. The number of rotatable bonds is 14. The Morgan fingerprint density at radius 3 is 2.67 bits per heavy atom. The number of hydrogen-bond donors (Lipinski definition) is 2. The number of halogens is 1. The van der Waals surface area contributed by atoms with Crippen LogP contribution >= 0.6 is 22.9 Å². The van der Waals surface area contributed by atoms with E-state index < -0.39 is 12.1 Å². The quantitative estimate of drug-likeness (QED) is 0.0877. The first-order valence-corrected chi connectivity index (χ1v) is 20.4. The number of nitrogens with zero attached hydrogens (tertiary/aromatic N) is 6. The van der Waals surface area contributed by atoms with Gasteiger partial charge in [0.15, 0.2) is 5.82 Å². The van der Waals surface area contributed by atoms with Crippen molar-refractivity contribution in [3.05, 3.63) is 99.0 Å². The Labute approximate surface area is 338 Å². The maximum Gasteiger partial charge on any atom is 0.249 e. The van der Waals surface area contributed by atoms with E-state index >= 15 is 0 Å². The van der Waals surface area contributed by atoms with Gasteiger partial charge in [-0.2, -0.15) is 0 Å². The fourth-order valence-corrected chi connectivity index (χ4v) is 9.02. The van der Waals surface area contributed by atoms with Crippen molar-refractivity contribution in [2.24, 2.45) is 4.99 Å². The summed E-state index contributed by atoms with van der Waals surface area (Å²) in [6, 6.07) is 16.2. The fourth-order valence-electron chi connectivity index (χ4n) is 7.68. The van der Waals surface area contributed by atoms with Crippen molar-refractivity contribution in [3.8, 4) is 10.8 Å². The lowest BCUT2D eigenvalue weighted by atomic mass is 9.99. The average molecular weight is 807 g/mol. The SMILES string of the molecule is Cc1sc2c(c1C)C(c1ccc(Cl)cc1)=N[C@@H](CC(=O)NCCCCCOCCOc1cccc3c1c1cccnc1n3C1CCC(=O)NC1=O)c1nnc(C)n1-2. The number of ether oxygens (including phenoxy) is 2. The van der Waals surface area contributed by atoms with Crippen LogP contribution in [0.4, 0.5) is 0 Å². The van der Waals surface area contributed by atoms with Crippen LogP contribution < -0.4 is 15.4 Å². The van der Waals surface area contributed by atoms with Crippen molar-refractivity contribution in [2.75, 3.05) is 26.4 Å². The molecule has 57 heavy (non-hydrogen) atoms. The van der Waals surface area contributed by atoms with Gasteiger partial charge in [-0.3, -0.25) is 29.3 Å². The van der Waals surface area contributed by atoms with Gasteiger partial charge in [0.1, 0.15) is 40.9 Å². The number of thiophene rings is 1. The second kappa shape index (κ2) is 16.6. The van der Waals surface area contributed by atoms with E-state index in [-0.39, 0.29) is 30.6 Å². The van der Waals surface area contributed by atoms with Crippen molar-refractivity contribution in [1.29, 1.82) is 0 Å². The molecule has 0 spiro atoms. The summed E-state index contributed by atoms with van der Waals surface area (Å²) in [7, 11) is 0. The van der Waals surface area contributed by atoms with Crippen molar-refractivity contribution >= 4 is 68.3 Å². The maximum absolute atomic E-state index is 13.3. The predicted molar refractivity (Wildman–Crippen MR) is 220 cm³/mol. The summed E-state index contributed by atoms with van der Waals surface area (Å²) in [5.41, 5.74) is 5.44. The molecule has 13 nitrogen and oxygen atoms in total. The van der Waals surface area contributed by atoms with Crippen LogP contribution in [-0.2, 0) is 19.1 Å². The Morgan fingerprint density at radius 2 is 1.84 bits per heavy atom. The topological polar surface area (TPSA) is 155 Å². The van der Waals surface area contributed by atoms with Gasteiger partial charge >= 0.3 is 0 Å². The van der Waals surface area contributed by atoms with E-state index in [1.165, 1.54) is 4.88 Å². The summed E-state index contributed by atoms with van der Waals surface area (Å²) in [5, 5.41) is 17.9. The Hall–Kier alpha value is -5.44. The Bertz CT molecular complexity index is 2520. The molecule has 0 saturated carbocycles. The summed E-state index contributed by atoms with van der Waals surface area (Å²) in [6.07, 6.45) is 5.08. The number of benzene rings is 2. The van der Waals surface area contributed by atoms with Crippen LogP contribution in [0, 0.1) is 20.8 Å². The molecule has 2 N–H and O–H groups in total. The molecule has 2 aliphatic rings. The molecule has 15 heteroatoms. The van der Waals surface area contributed by atoms with E-state index in [4.69, 9.17) is 26.1 Å². The van der Waals surface area contributed by atoms with Crippen LogP contribution in [-0.4, -0.2) is 74.1 Å². The number of fused-ring (bicyclic) bond motifs is 6. The number of aromatic nitrogens is 5. The molecule has 0 aliphatic carbocycles. The first-order chi connectivity index (χ1) is 27.7. The van der Waals surface area contributed by atoms with Crippen LogP contribution in [0.5, 0.6) is 5.75 Å². The Balaban J connectivity index is 0.820. The minimum absolute atomic E-state index is 0.0935. The summed E-state index contributed by atoms with van der Waals surface area (Å²) < 4.78 is 16.1.